The molecule has 0 saturated heterocycles. The summed E-state index contributed by atoms with van der Waals surface area (Å²) in [5.74, 6) is 0.0884. The molecule has 0 aliphatic heterocycles. The number of rotatable bonds is 5. The molecule has 0 aromatic heterocycles. The molecule has 2 aromatic rings. The minimum absolute atomic E-state index is 0.0987. The van der Waals surface area contributed by atoms with Gasteiger partial charge in [-0.3, -0.25) is 4.79 Å². The van der Waals surface area contributed by atoms with Crippen LogP contribution in [-0.4, -0.2) is 40.6 Å². The van der Waals surface area contributed by atoms with Crippen molar-refractivity contribution in [2.75, 3.05) is 0 Å². The van der Waals surface area contributed by atoms with Crippen molar-refractivity contribution >= 4 is 17.7 Å². The van der Waals surface area contributed by atoms with Gasteiger partial charge in [-0.2, -0.15) is 0 Å². The number of esters is 2. The molecular weight excluding hydrogens is 516 g/mol. The van der Waals surface area contributed by atoms with Gasteiger partial charge in [-0.25, -0.2) is 9.59 Å². The lowest BCUT2D eigenvalue weighted by atomic mass is 9.43. The number of Topliss-reactive ketones (excluding diaryl/α,β-unsaturated/α-hetero) is 1. The number of aliphatic hydroxyl groups is 1. The third-order valence-electron chi connectivity index (χ3n) is 11.8. The third kappa shape index (κ3) is 4.54. The quantitative estimate of drug-likeness (QED) is 0.427. The van der Waals surface area contributed by atoms with Gasteiger partial charge >= 0.3 is 11.9 Å². The Hall–Kier alpha value is -2.99. The first kappa shape index (κ1) is 28.1. The largest absolute Gasteiger partial charge is 0.459 e. The molecule has 4 saturated carbocycles. The van der Waals surface area contributed by atoms with E-state index in [0.29, 0.717) is 29.9 Å². The van der Waals surface area contributed by atoms with Gasteiger partial charge < -0.3 is 14.6 Å². The van der Waals surface area contributed by atoms with Crippen molar-refractivity contribution in [3.05, 3.63) is 71.8 Å². The molecule has 0 heterocycles. The van der Waals surface area contributed by atoms with E-state index in [0.717, 1.165) is 38.5 Å². The van der Waals surface area contributed by atoms with Crippen molar-refractivity contribution in [3.63, 3.8) is 0 Å². The number of carbonyl (C=O) groups excluding carboxylic acids is 3. The second-order valence-corrected chi connectivity index (χ2v) is 13.6. The molecule has 6 heteroatoms. The van der Waals surface area contributed by atoms with Gasteiger partial charge in [0, 0.05) is 11.3 Å². The number of hydrogen-bond acceptors (Lipinski definition) is 6. The van der Waals surface area contributed by atoms with Crippen LogP contribution in [-0.2, 0) is 14.3 Å². The van der Waals surface area contributed by atoms with Crippen LogP contribution in [0.4, 0.5) is 0 Å². The molecule has 218 valence electrons. The molecule has 6 rings (SSSR count). The zero-order valence-electron chi connectivity index (χ0n) is 24.4. The number of ketones is 1. The number of hydrogen-bond donors (Lipinski definition) is 1. The lowest BCUT2D eigenvalue weighted by Crippen LogP contribution is -2.63. The molecule has 4 aliphatic rings. The van der Waals surface area contributed by atoms with Crippen LogP contribution in [0.15, 0.2) is 60.7 Å². The molecule has 0 bridgehead atoms. The van der Waals surface area contributed by atoms with Crippen LogP contribution < -0.4 is 0 Å². The fourth-order valence-corrected chi connectivity index (χ4v) is 9.68. The Morgan fingerprint density at radius 1 is 0.805 bits per heavy atom. The van der Waals surface area contributed by atoms with Gasteiger partial charge in [-0.1, -0.05) is 50.2 Å². The van der Waals surface area contributed by atoms with Crippen molar-refractivity contribution in [2.24, 2.45) is 34.5 Å². The van der Waals surface area contributed by atoms with Crippen LogP contribution in [0.2, 0.25) is 0 Å². The first-order chi connectivity index (χ1) is 19.6. The van der Waals surface area contributed by atoms with Gasteiger partial charge in [0.15, 0.2) is 5.78 Å². The molecular formula is C35H42O6. The summed E-state index contributed by atoms with van der Waals surface area (Å²) < 4.78 is 12.4. The Morgan fingerprint density at radius 2 is 1.41 bits per heavy atom. The average Bonchev–Trinajstić information content (AvgIpc) is 3.25. The maximum absolute atomic E-state index is 13.4. The number of benzene rings is 2. The molecule has 0 spiro atoms. The Kier molecular flexibility index (Phi) is 7.12. The molecule has 0 radical (unpaired) electrons. The van der Waals surface area contributed by atoms with E-state index in [1.165, 1.54) is 6.92 Å². The summed E-state index contributed by atoms with van der Waals surface area (Å²) in [6.45, 7) is 5.91. The molecule has 2 aromatic carbocycles. The van der Waals surface area contributed by atoms with Crippen LogP contribution in [0.5, 0.6) is 0 Å². The summed E-state index contributed by atoms with van der Waals surface area (Å²) in [5.41, 5.74) is -1.06. The summed E-state index contributed by atoms with van der Waals surface area (Å²) in [5, 5.41) is 11.8. The summed E-state index contributed by atoms with van der Waals surface area (Å²) in [6, 6.07) is 18.2. The molecule has 9 atom stereocenters. The highest BCUT2D eigenvalue weighted by Gasteiger charge is 2.69. The van der Waals surface area contributed by atoms with E-state index in [1.54, 1.807) is 24.3 Å². The minimum atomic E-state index is -1.40. The van der Waals surface area contributed by atoms with Gasteiger partial charge in [0.2, 0.25) is 0 Å². The lowest BCUT2D eigenvalue weighted by Gasteiger charge is -2.63. The molecule has 41 heavy (non-hydrogen) atoms. The van der Waals surface area contributed by atoms with Crippen molar-refractivity contribution in [2.45, 2.75) is 89.9 Å². The molecule has 0 unspecified atom stereocenters. The molecule has 6 nitrogen and oxygen atoms in total. The van der Waals surface area contributed by atoms with Crippen molar-refractivity contribution in [1.82, 2.24) is 0 Å². The first-order valence-corrected chi connectivity index (χ1v) is 15.3. The van der Waals surface area contributed by atoms with Crippen molar-refractivity contribution in [1.29, 1.82) is 0 Å². The molecule has 4 fully saturated rings. The van der Waals surface area contributed by atoms with Crippen LogP contribution >= 0.6 is 0 Å². The SMILES string of the molecule is CC(=O)[C@@]1(O)CC[C@H]2[C@@H]3CC[C@H]4C[C@H](OC(=O)c5ccccc5)CC[C@]4(C)[C@H]3[C@@H](OC(=O)c3ccccc3)C[C@@]21C. The van der Waals surface area contributed by atoms with Gasteiger partial charge in [-0.15, -0.1) is 0 Å². The van der Waals surface area contributed by atoms with Gasteiger partial charge in [0.1, 0.15) is 17.8 Å². The van der Waals surface area contributed by atoms with Gasteiger partial charge in [-0.05, 0) is 106 Å². The summed E-state index contributed by atoms with van der Waals surface area (Å²) in [7, 11) is 0. The Bertz CT molecular complexity index is 1310. The molecule has 4 aliphatic carbocycles. The number of ether oxygens (including phenoxy) is 2. The summed E-state index contributed by atoms with van der Waals surface area (Å²) >= 11 is 0. The number of carbonyl (C=O) groups is 3. The zero-order valence-corrected chi connectivity index (χ0v) is 24.4. The standard InChI is InChI=1S/C35H42O6/c1-22(36)35(39)19-17-28-27-15-14-25-20-26(40-31(37)23-10-6-4-7-11-23)16-18-33(25,2)30(27)29(21-34(28,35)3)41-32(38)24-12-8-5-9-13-24/h4-13,25-30,39H,14-21H2,1-3H3/t25-,26+,27-,28-,29-,30+,33-,34-,35-/m0/s1. The Balaban J connectivity index is 1.29. The highest BCUT2D eigenvalue weighted by atomic mass is 16.5. The predicted molar refractivity (Wildman–Crippen MR) is 154 cm³/mol. The smallest absolute Gasteiger partial charge is 0.338 e. The van der Waals surface area contributed by atoms with E-state index >= 15 is 0 Å². The van der Waals surface area contributed by atoms with E-state index in [4.69, 9.17) is 9.47 Å². The predicted octanol–water partition coefficient (Wildman–Crippen LogP) is 6.41. The maximum Gasteiger partial charge on any atom is 0.338 e. The minimum Gasteiger partial charge on any atom is -0.459 e. The maximum atomic E-state index is 13.4. The van der Waals surface area contributed by atoms with E-state index in [1.807, 2.05) is 36.4 Å². The van der Waals surface area contributed by atoms with Crippen LogP contribution in [0.3, 0.4) is 0 Å². The highest BCUT2D eigenvalue weighted by molar-refractivity contribution is 5.90. The zero-order chi connectivity index (χ0) is 29.0. The second-order valence-electron chi connectivity index (χ2n) is 13.6. The second kappa shape index (κ2) is 10.4. The van der Waals surface area contributed by atoms with Gasteiger partial charge in [0.05, 0.1) is 11.1 Å². The fraction of sp³-hybridized carbons (Fsp3) is 0.571. The highest BCUT2D eigenvalue weighted by Crippen LogP contribution is 2.69. The van der Waals surface area contributed by atoms with E-state index in [9.17, 15) is 19.5 Å². The Labute approximate surface area is 242 Å². The first-order valence-electron chi connectivity index (χ1n) is 15.3. The van der Waals surface area contributed by atoms with E-state index in [2.05, 4.69) is 13.8 Å². The molecule has 1 N–H and O–H groups in total. The Morgan fingerprint density at radius 3 is 2.02 bits per heavy atom. The average molecular weight is 559 g/mol. The monoisotopic (exact) mass is 558 g/mol. The normalized spacial score (nSPS) is 39.5. The number of fused-ring (bicyclic) bond motifs is 5. The molecule has 0 amide bonds. The van der Waals surface area contributed by atoms with Crippen LogP contribution in [0.1, 0.15) is 92.9 Å². The van der Waals surface area contributed by atoms with Crippen LogP contribution in [0, 0.1) is 34.5 Å². The summed E-state index contributed by atoms with van der Waals surface area (Å²) in [6.07, 6.45) is 5.62. The van der Waals surface area contributed by atoms with Crippen molar-refractivity contribution < 1.29 is 29.0 Å². The van der Waals surface area contributed by atoms with E-state index in [-0.39, 0.29) is 47.0 Å². The lowest BCUT2D eigenvalue weighted by molar-refractivity contribution is -0.201. The van der Waals surface area contributed by atoms with Crippen molar-refractivity contribution in [3.8, 4) is 0 Å². The van der Waals surface area contributed by atoms with Gasteiger partial charge in [0.25, 0.3) is 0 Å². The fourth-order valence-electron chi connectivity index (χ4n) is 9.68. The van der Waals surface area contributed by atoms with E-state index < -0.39 is 17.1 Å². The summed E-state index contributed by atoms with van der Waals surface area (Å²) in [4.78, 5) is 39.1. The topological polar surface area (TPSA) is 89.9 Å². The third-order valence-corrected chi connectivity index (χ3v) is 11.8. The van der Waals surface area contributed by atoms with Crippen LogP contribution in [0.25, 0.3) is 0 Å².